The van der Waals surface area contributed by atoms with Gasteiger partial charge in [-0.2, -0.15) is 0 Å². The number of carbonyl (C=O) groups excluding carboxylic acids is 2. The predicted octanol–water partition coefficient (Wildman–Crippen LogP) is -0.795. The number of amides is 1. The van der Waals surface area contributed by atoms with Gasteiger partial charge in [0.1, 0.15) is 6.04 Å². The van der Waals surface area contributed by atoms with E-state index < -0.39 is 12.0 Å². The summed E-state index contributed by atoms with van der Waals surface area (Å²) in [4.78, 5) is 24.4. The lowest BCUT2D eigenvalue weighted by Crippen LogP contribution is -2.48. The molecule has 0 bridgehead atoms. The maximum atomic E-state index is 11.3. The molecule has 1 unspecified atom stereocenters. The van der Waals surface area contributed by atoms with Crippen LogP contribution in [-0.4, -0.2) is 63.2 Å². The van der Waals surface area contributed by atoms with Gasteiger partial charge in [0.2, 0.25) is 5.91 Å². The lowest BCUT2D eigenvalue weighted by atomic mass is 10.3. The van der Waals surface area contributed by atoms with Gasteiger partial charge in [-0.1, -0.05) is 6.92 Å². The van der Waals surface area contributed by atoms with Gasteiger partial charge in [-0.25, -0.2) is 4.79 Å². The summed E-state index contributed by atoms with van der Waals surface area (Å²) in [6.07, 6.45) is 0. The van der Waals surface area contributed by atoms with Crippen molar-refractivity contribution in [3.05, 3.63) is 0 Å². The van der Waals surface area contributed by atoms with Crippen LogP contribution in [0.1, 0.15) is 13.8 Å². The normalized spacial score (nSPS) is 12.3. The van der Waals surface area contributed by atoms with Crippen LogP contribution in [0, 0.1) is 0 Å². The van der Waals surface area contributed by atoms with Crippen LogP contribution in [0.3, 0.4) is 0 Å². The molecule has 0 fully saturated rings. The van der Waals surface area contributed by atoms with E-state index in [1.807, 2.05) is 7.05 Å². The Hall–Kier alpha value is -1.14. The molecule has 17 heavy (non-hydrogen) atoms. The Morgan fingerprint density at radius 2 is 2.06 bits per heavy atom. The molecule has 0 spiro atoms. The fourth-order valence-corrected chi connectivity index (χ4v) is 1.26. The molecule has 0 rings (SSSR count). The summed E-state index contributed by atoms with van der Waals surface area (Å²) in [5.74, 6) is -0.676. The van der Waals surface area contributed by atoms with Crippen LogP contribution in [0.15, 0.2) is 0 Å². The van der Waals surface area contributed by atoms with E-state index in [4.69, 9.17) is 0 Å². The van der Waals surface area contributed by atoms with Gasteiger partial charge in [-0.15, -0.1) is 0 Å². The Bertz CT molecular complexity index is 246. The van der Waals surface area contributed by atoms with Crippen molar-refractivity contribution in [3.8, 4) is 0 Å². The number of nitrogens with zero attached hydrogens (tertiary/aromatic N) is 1. The zero-order valence-corrected chi connectivity index (χ0v) is 11.1. The Morgan fingerprint density at radius 3 is 2.53 bits per heavy atom. The quantitative estimate of drug-likeness (QED) is 0.433. The molecule has 0 aromatic heterocycles. The van der Waals surface area contributed by atoms with Crippen LogP contribution in [0.4, 0.5) is 0 Å². The molecule has 0 aliphatic rings. The SMILES string of the molecule is CCN(C)CCNCC(NC(C)=O)C(=O)OC. The standard InChI is InChI=1S/C11H23N3O3/c1-5-14(3)7-6-12-8-10(11(16)17-4)13-9(2)15/h10,12H,5-8H2,1-4H3,(H,13,15). The molecule has 100 valence electrons. The van der Waals surface area contributed by atoms with Crippen molar-refractivity contribution in [2.45, 2.75) is 19.9 Å². The summed E-state index contributed by atoms with van der Waals surface area (Å²) in [7, 11) is 3.33. The molecule has 0 radical (unpaired) electrons. The van der Waals surface area contributed by atoms with Crippen LogP contribution >= 0.6 is 0 Å². The second-order valence-corrected chi connectivity index (χ2v) is 3.88. The van der Waals surface area contributed by atoms with Crippen LogP contribution in [0.25, 0.3) is 0 Å². The monoisotopic (exact) mass is 245 g/mol. The van der Waals surface area contributed by atoms with E-state index in [2.05, 4.69) is 27.2 Å². The van der Waals surface area contributed by atoms with Gasteiger partial charge in [0.05, 0.1) is 7.11 Å². The number of hydrogen-bond acceptors (Lipinski definition) is 5. The zero-order valence-electron chi connectivity index (χ0n) is 11.1. The number of esters is 1. The van der Waals surface area contributed by atoms with Crippen molar-refractivity contribution >= 4 is 11.9 Å². The van der Waals surface area contributed by atoms with Crippen molar-refractivity contribution in [2.24, 2.45) is 0 Å². The van der Waals surface area contributed by atoms with Crippen LogP contribution in [-0.2, 0) is 14.3 Å². The summed E-state index contributed by atoms with van der Waals surface area (Å²) in [5.41, 5.74) is 0. The minimum absolute atomic E-state index is 0.243. The fraction of sp³-hybridized carbons (Fsp3) is 0.818. The molecule has 1 atom stereocenters. The van der Waals surface area contributed by atoms with Gasteiger partial charge >= 0.3 is 5.97 Å². The topological polar surface area (TPSA) is 70.7 Å². The Balaban J connectivity index is 3.91. The first kappa shape index (κ1) is 15.9. The van der Waals surface area contributed by atoms with E-state index in [1.54, 1.807) is 0 Å². The highest BCUT2D eigenvalue weighted by molar-refractivity contribution is 5.83. The molecule has 6 nitrogen and oxygen atoms in total. The maximum absolute atomic E-state index is 11.3. The molecular weight excluding hydrogens is 222 g/mol. The van der Waals surface area contributed by atoms with Gasteiger partial charge in [0.15, 0.2) is 0 Å². The van der Waals surface area contributed by atoms with E-state index in [-0.39, 0.29) is 5.91 Å². The van der Waals surface area contributed by atoms with Crippen molar-refractivity contribution < 1.29 is 14.3 Å². The van der Waals surface area contributed by atoms with E-state index in [1.165, 1.54) is 14.0 Å². The number of ether oxygens (including phenoxy) is 1. The molecular formula is C11H23N3O3. The van der Waals surface area contributed by atoms with Crippen molar-refractivity contribution in [2.75, 3.05) is 40.3 Å². The molecule has 2 N–H and O–H groups in total. The molecule has 0 saturated heterocycles. The Morgan fingerprint density at radius 1 is 1.41 bits per heavy atom. The van der Waals surface area contributed by atoms with Gasteiger partial charge in [0, 0.05) is 26.6 Å². The zero-order chi connectivity index (χ0) is 13.3. The summed E-state index contributed by atoms with van der Waals surface area (Å²) in [5, 5.41) is 5.66. The number of likely N-dealkylation sites (N-methyl/N-ethyl adjacent to an activating group) is 1. The van der Waals surface area contributed by atoms with Gasteiger partial charge in [-0.3, -0.25) is 4.79 Å². The van der Waals surface area contributed by atoms with Gasteiger partial charge in [-0.05, 0) is 13.6 Å². The van der Waals surface area contributed by atoms with Gasteiger partial charge < -0.3 is 20.3 Å². The van der Waals surface area contributed by atoms with Crippen LogP contribution < -0.4 is 10.6 Å². The molecule has 0 aromatic rings. The van der Waals surface area contributed by atoms with Crippen molar-refractivity contribution in [1.82, 2.24) is 15.5 Å². The molecule has 0 saturated carbocycles. The third-order valence-corrected chi connectivity index (χ3v) is 2.42. The van der Waals surface area contributed by atoms with E-state index in [9.17, 15) is 9.59 Å². The Labute approximate surface area is 103 Å². The number of methoxy groups -OCH3 is 1. The minimum Gasteiger partial charge on any atom is -0.467 e. The largest absolute Gasteiger partial charge is 0.467 e. The summed E-state index contributed by atoms with van der Waals surface area (Å²) in [6.45, 7) is 6.47. The average molecular weight is 245 g/mol. The highest BCUT2D eigenvalue weighted by Gasteiger charge is 2.19. The molecule has 0 aliphatic carbocycles. The highest BCUT2D eigenvalue weighted by atomic mass is 16.5. The first-order chi connectivity index (χ1) is 8.01. The average Bonchev–Trinajstić information content (AvgIpc) is 2.31. The highest BCUT2D eigenvalue weighted by Crippen LogP contribution is 1.87. The van der Waals surface area contributed by atoms with E-state index in [0.29, 0.717) is 6.54 Å². The first-order valence-corrected chi connectivity index (χ1v) is 5.75. The lowest BCUT2D eigenvalue weighted by Gasteiger charge is -2.18. The molecule has 0 heterocycles. The number of hydrogen-bond donors (Lipinski definition) is 2. The summed E-state index contributed by atoms with van der Waals surface area (Å²) >= 11 is 0. The molecule has 6 heteroatoms. The number of carbonyl (C=O) groups is 2. The molecule has 0 aromatic carbocycles. The minimum atomic E-state index is -0.621. The summed E-state index contributed by atoms with van der Waals surface area (Å²) < 4.78 is 4.61. The predicted molar refractivity (Wildman–Crippen MR) is 65.7 cm³/mol. The van der Waals surface area contributed by atoms with E-state index >= 15 is 0 Å². The molecule has 0 aliphatic heterocycles. The first-order valence-electron chi connectivity index (χ1n) is 5.75. The van der Waals surface area contributed by atoms with Crippen LogP contribution in [0.5, 0.6) is 0 Å². The van der Waals surface area contributed by atoms with E-state index in [0.717, 1.165) is 19.6 Å². The van der Waals surface area contributed by atoms with Crippen LogP contribution in [0.2, 0.25) is 0 Å². The summed E-state index contributed by atoms with van der Waals surface area (Å²) in [6, 6.07) is -0.621. The number of nitrogens with one attached hydrogen (secondary N) is 2. The Kier molecular flexibility index (Phi) is 8.35. The second-order valence-electron chi connectivity index (χ2n) is 3.88. The fourth-order valence-electron chi connectivity index (χ4n) is 1.26. The maximum Gasteiger partial charge on any atom is 0.329 e. The number of rotatable bonds is 8. The second kappa shape index (κ2) is 8.95. The lowest BCUT2D eigenvalue weighted by molar-refractivity contribution is -0.144. The van der Waals surface area contributed by atoms with Gasteiger partial charge in [0.25, 0.3) is 0 Å². The van der Waals surface area contributed by atoms with Crippen molar-refractivity contribution in [3.63, 3.8) is 0 Å². The third kappa shape index (κ3) is 7.70. The third-order valence-electron chi connectivity index (χ3n) is 2.42. The molecule has 1 amide bonds. The van der Waals surface area contributed by atoms with Crippen molar-refractivity contribution in [1.29, 1.82) is 0 Å². The smallest absolute Gasteiger partial charge is 0.329 e.